The van der Waals surface area contributed by atoms with Gasteiger partial charge in [0.1, 0.15) is 0 Å². The Balaban J connectivity index is 2.43. The van der Waals surface area contributed by atoms with Gasteiger partial charge in [0.15, 0.2) is 0 Å². The molecule has 0 radical (unpaired) electrons. The predicted octanol–water partition coefficient (Wildman–Crippen LogP) is 4.33. The molecule has 0 spiro atoms. The van der Waals surface area contributed by atoms with Crippen molar-refractivity contribution in [1.29, 1.82) is 0 Å². The SMILES string of the molecule is CCC[CH2][Sn]([CH2]CCC)([O]C(=O)CCn1cc(F)c(=O)[nH]c1=O)[O][Sn]([CH2]CCC)([CH2]CCC)[O]C(=O)CCn1cc(F)c(=O)[nH]c1=O. The summed E-state index contributed by atoms with van der Waals surface area (Å²) in [5.74, 6) is -3.51. The number of carbonyl (C=O) groups excluding carboxylic acids is 2. The normalized spacial score (nSPS) is 11.9. The summed E-state index contributed by atoms with van der Waals surface area (Å²) in [6.07, 6.45) is 7.16. The number of nitrogens with one attached hydrogen (secondary N) is 2. The van der Waals surface area contributed by atoms with E-state index in [9.17, 15) is 37.5 Å². The van der Waals surface area contributed by atoms with E-state index in [1.165, 1.54) is 0 Å². The van der Waals surface area contributed by atoms with E-state index < -0.39 is 84.5 Å². The maximum absolute atomic E-state index is 13.8. The van der Waals surface area contributed by atoms with Gasteiger partial charge in [0, 0.05) is 0 Å². The summed E-state index contributed by atoms with van der Waals surface area (Å²) in [7, 11) is 0. The zero-order valence-electron chi connectivity index (χ0n) is 27.8. The quantitative estimate of drug-likeness (QED) is 0.164. The van der Waals surface area contributed by atoms with Crippen molar-refractivity contribution in [2.45, 2.75) is 123 Å². The third kappa shape index (κ3) is 13.3. The number of halogens is 2. The summed E-state index contributed by atoms with van der Waals surface area (Å²) in [4.78, 5) is 77.7. The molecule has 0 aliphatic rings. The third-order valence-electron chi connectivity index (χ3n) is 7.67. The van der Waals surface area contributed by atoms with Gasteiger partial charge in [-0.15, -0.1) is 0 Å². The summed E-state index contributed by atoms with van der Waals surface area (Å²) in [6.45, 7) is 7.64. The Morgan fingerprint density at radius 2 is 0.957 bits per heavy atom. The van der Waals surface area contributed by atoms with E-state index in [4.69, 9.17) is 7.56 Å². The van der Waals surface area contributed by atoms with E-state index in [0.29, 0.717) is 17.7 Å². The number of aromatic nitrogens is 4. The Labute approximate surface area is 282 Å². The predicted molar refractivity (Wildman–Crippen MR) is 175 cm³/mol. The van der Waals surface area contributed by atoms with E-state index in [1.807, 2.05) is 37.7 Å². The minimum atomic E-state index is -4.39. The second-order valence-electron chi connectivity index (χ2n) is 11.6. The molecule has 0 atom stereocenters. The molecule has 0 saturated heterocycles. The molecule has 0 aliphatic heterocycles. The fourth-order valence-corrected chi connectivity index (χ4v) is 46.5. The van der Waals surface area contributed by atoms with Gasteiger partial charge in [0.05, 0.1) is 0 Å². The van der Waals surface area contributed by atoms with Crippen molar-refractivity contribution in [1.82, 2.24) is 19.1 Å². The Kier molecular flexibility index (Phi) is 17.6. The van der Waals surface area contributed by atoms with Crippen molar-refractivity contribution >= 4 is 50.3 Å². The Morgan fingerprint density at radius 3 is 1.26 bits per heavy atom. The maximum atomic E-state index is 13.8. The van der Waals surface area contributed by atoms with Crippen LogP contribution in [0.15, 0.2) is 31.6 Å². The van der Waals surface area contributed by atoms with Crippen LogP contribution in [0.1, 0.15) is 91.9 Å². The van der Waals surface area contributed by atoms with E-state index in [1.54, 1.807) is 0 Å². The van der Waals surface area contributed by atoms with Crippen LogP contribution in [0, 0.1) is 11.6 Å². The molecule has 2 heterocycles. The average molecular weight is 884 g/mol. The fraction of sp³-hybridized carbons (Fsp3) is 0.667. The van der Waals surface area contributed by atoms with Crippen molar-refractivity contribution in [2.24, 2.45) is 0 Å². The molecule has 2 rings (SSSR count). The van der Waals surface area contributed by atoms with E-state index in [-0.39, 0.29) is 25.9 Å². The summed E-state index contributed by atoms with van der Waals surface area (Å²) in [5, 5.41) is 0. The summed E-state index contributed by atoms with van der Waals surface area (Å²) < 4.78 is 51.5. The number of H-pyrrole nitrogens is 2. The van der Waals surface area contributed by atoms with Crippen LogP contribution in [0.2, 0.25) is 17.7 Å². The van der Waals surface area contributed by atoms with E-state index in [2.05, 4.69) is 0 Å². The number of hydrogen-bond donors (Lipinski definition) is 2. The number of aromatic amines is 2. The van der Waals surface area contributed by atoms with Gasteiger partial charge in [-0.3, -0.25) is 0 Å². The number of aryl methyl sites for hydroxylation is 2. The van der Waals surface area contributed by atoms with Crippen molar-refractivity contribution in [3.8, 4) is 0 Å². The van der Waals surface area contributed by atoms with Crippen LogP contribution in [-0.2, 0) is 30.2 Å². The third-order valence-corrected chi connectivity index (χ3v) is 40.2. The Bertz CT molecular complexity index is 1430. The molecule has 2 N–H and O–H groups in total. The number of hydrogen-bond acceptors (Lipinski definition) is 9. The summed E-state index contributed by atoms with van der Waals surface area (Å²) in [6, 6.07) is 0. The second kappa shape index (κ2) is 20.3. The molecule has 0 aromatic carbocycles. The van der Waals surface area contributed by atoms with Crippen molar-refractivity contribution in [3.05, 3.63) is 65.7 Å². The molecular formula is C30H48F2N4O9Sn2. The molecule has 264 valence electrons. The van der Waals surface area contributed by atoms with Crippen LogP contribution >= 0.6 is 0 Å². The first-order valence-corrected chi connectivity index (χ1v) is 29.2. The molecule has 0 bridgehead atoms. The number of carbonyl (C=O) groups is 2. The first-order valence-electron chi connectivity index (χ1n) is 16.5. The monoisotopic (exact) mass is 886 g/mol. The first-order chi connectivity index (χ1) is 22.3. The zero-order valence-corrected chi connectivity index (χ0v) is 33.5. The molecule has 13 nitrogen and oxygen atoms in total. The van der Waals surface area contributed by atoms with Crippen LogP contribution in [0.3, 0.4) is 0 Å². The molecule has 0 fully saturated rings. The standard InChI is InChI=1S/2C7H7FN2O4.4C4H9.O.2Sn/c2*8-4-3-10(2-1-5(11)12)7(14)9-6(4)13;4*1-3-4-2;;;/h2*3H,1-2H2,(H,11,12)(H,9,13,14);4*1,3-4H2,2H3;;;/q;;;;;;;2*+1/p-2. The van der Waals surface area contributed by atoms with Gasteiger partial charge in [-0.2, -0.15) is 0 Å². The molecule has 0 saturated carbocycles. The minimum absolute atomic E-state index is 0.214. The second-order valence-corrected chi connectivity index (χ2v) is 33.4. The molecule has 2 aromatic heterocycles. The Hall–Kier alpha value is -2.28. The van der Waals surface area contributed by atoms with Gasteiger partial charge >= 0.3 is 284 Å². The Morgan fingerprint density at radius 1 is 0.638 bits per heavy atom. The van der Waals surface area contributed by atoms with Gasteiger partial charge in [-0.25, -0.2) is 0 Å². The van der Waals surface area contributed by atoms with Crippen LogP contribution in [-0.4, -0.2) is 69.5 Å². The molecular weight excluding hydrogens is 836 g/mol. The van der Waals surface area contributed by atoms with Gasteiger partial charge in [0.2, 0.25) is 0 Å². The number of unbranched alkanes of at least 4 members (excludes halogenated alkanes) is 4. The average Bonchev–Trinajstić information content (AvgIpc) is 3.03. The van der Waals surface area contributed by atoms with Crippen molar-refractivity contribution < 1.29 is 25.9 Å². The van der Waals surface area contributed by atoms with Crippen molar-refractivity contribution in [3.63, 3.8) is 0 Å². The molecule has 0 aliphatic carbocycles. The molecule has 17 heteroatoms. The van der Waals surface area contributed by atoms with Gasteiger partial charge in [-0.05, 0) is 0 Å². The van der Waals surface area contributed by atoms with Crippen LogP contribution < -0.4 is 22.5 Å². The van der Waals surface area contributed by atoms with Gasteiger partial charge in [0.25, 0.3) is 0 Å². The first kappa shape index (κ1) is 40.9. The molecule has 47 heavy (non-hydrogen) atoms. The number of rotatable bonds is 22. The van der Waals surface area contributed by atoms with Crippen LogP contribution in [0.5, 0.6) is 0 Å². The fourth-order valence-electron chi connectivity index (χ4n) is 5.06. The van der Waals surface area contributed by atoms with Gasteiger partial charge in [-0.1, -0.05) is 0 Å². The summed E-state index contributed by atoms with van der Waals surface area (Å²) in [5.41, 5.74) is -3.99. The zero-order chi connectivity index (χ0) is 35.0. The van der Waals surface area contributed by atoms with Crippen LogP contribution in [0.4, 0.5) is 8.78 Å². The molecule has 0 amide bonds. The summed E-state index contributed by atoms with van der Waals surface area (Å²) >= 11 is -8.78. The van der Waals surface area contributed by atoms with Gasteiger partial charge < -0.3 is 0 Å². The van der Waals surface area contributed by atoms with E-state index in [0.717, 1.165) is 72.9 Å². The van der Waals surface area contributed by atoms with Crippen molar-refractivity contribution in [2.75, 3.05) is 0 Å². The topological polar surface area (TPSA) is 172 Å². The molecule has 2 aromatic rings. The van der Waals surface area contributed by atoms with E-state index >= 15 is 0 Å². The molecule has 0 unspecified atom stereocenters. The number of nitrogens with zero attached hydrogens (tertiary/aromatic N) is 2. The van der Waals surface area contributed by atoms with Crippen LogP contribution in [0.25, 0.3) is 0 Å².